The summed E-state index contributed by atoms with van der Waals surface area (Å²) in [4.78, 5) is -0.0213. The molecule has 0 atom stereocenters. The first-order valence-electron chi connectivity index (χ1n) is 6.15. The van der Waals surface area contributed by atoms with E-state index >= 15 is 0 Å². The largest absolute Gasteiger partial charge is 0.495 e. The molecule has 0 fully saturated rings. The minimum atomic E-state index is -3.79. The molecule has 6 nitrogen and oxygen atoms in total. The molecular weight excluding hydrogens is 292 g/mol. The quantitative estimate of drug-likeness (QED) is 0.583. The Balaban J connectivity index is 3.44. The second kappa shape index (κ2) is 7.14. The van der Waals surface area contributed by atoms with Crippen LogP contribution in [0.25, 0.3) is 0 Å². The molecule has 0 bridgehead atoms. The van der Waals surface area contributed by atoms with Crippen molar-refractivity contribution < 1.29 is 17.9 Å². The van der Waals surface area contributed by atoms with Crippen LogP contribution in [0.2, 0.25) is 0 Å². The zero-order valence-corrected chi connectivity index (χ0v) is 13.0. The molecule has 0 aromatic heterocycles. The first-order chi connectivity index (χ1) is 9.92. The second-order valence-corrected chi connectivity index (χ2v) is 6.05. The molecule has 0 spiro atoms. The minimum Gasteiger partial charge on any atom is -0.495 e. The van der Waals surface area contributed by atoms with Crippen LogP contribution in [0.5, 0.6) is 11.5 Å². The SMILES string of the molecule is C=CCN(CC=C)S(=O)(=O)c1cc(N)c(OC)cc1OC. The number of hydrogen-bond acceptors (Lipinski definition) is 5. The predicted octanol–water partition coefficient (Wildman–Crippen LogP) is 1.65. The zero-order chi connectivity index (χ0) is 16.0. The lowest BCUT2D eigenvalue weighted by atomic mass is 10.3. The van der Waals surface area contributed by atoms with Gasteiger partial charge in [-0.2, -0.15) is 4.31 Å². The van der Waals surface area contributed by atoms with Gasteiger partial charge < -0.3 is 15.2 Å². The van der Waals surface area contributed by atoms with Gasteiger partial charge in [-0.05, 0) is 6.07 Å². The molecule has 7 heteroatoms. The van der Waals surface area contributed by atoms with E-state index < -0.39 is 10.0 Å². The number of rotatable bonds is 8. The highest BCUT2D eigenvalue weighted by Gasteiger charge is 2.27. The third-order valence-electron chi connectivity index (χ3n) is 2.80. The number of nitrogens with two attached hydrogens (primary N) is 1. The molecule has 0 heterocycles. The summed E-state index contributed by atoms with van der Waals surface area (Å²) in [5, 5.41) is 0. The molecule has 0 unspecified atom stereocenters. The highest BCUT2D eigenvalue weighted by Crippen LogP contribution is 2.35. The Morgan fingerprint density at radius 1 is 1.14 bits per heavy atom. The summed E-state index contributed by atoms with van der Waals surface area (Å²) < 4.78 is 36.8. The van der Waals surface area contributed by atoms with E-state index in [0.29, 0.717) is 5.75 Å². The van der Waals surface area contributed by atoms with Crippen LogP contribution in [-0.2, 0) is 10.0 Å². The van der Waals surface area contributed by atoms with Crippen molar-refractivity contribution in [2.45, 2.75) is 4.90 Å². The van der Waals surface area contributed by atoms with Crippen LogP contribution >= 0.6 is 0 Å². The Labute approximate surface area is 125 Å². The minimum absolute atomic E-state index is 0.0213. The monoisotopic (exact) mass is 312 g/mol. The highest BCUT2D eigenvalue weighted by molar-refractivity contribution is 7.89. The van der Waals surface area contributed by atoms with Gasteiger partial charge in [-0.15, -0.1) is 13.2 Å². The number of benzene rings is 1. The molecule has 116 valence electrons. The van der Waals surface area contributed by atoms with Crippen molar-refractivity contribution in [2.75, 3.05) is 33.0 Å². The van der Waals surface area contributed by atoms with Crippen molar-refractivity contribution in [1.82, 2.24) is 4.31 Å². The predicted molar refractivity (Wildman–Crippen MR) is 83.1 cm³/mol. The Bertz CT molecular complexity index is 616. The molecule has 0 radical (unpaired) electrons. The van der Waals surface area contributed by atoms with Crippen molar-refractivity contribution >= 4 is 15.7 Å². The van der Waals surface area contributed by atoms with Crippen LogP contribution in [0.3, 0.4) is 0 Å². The number of nitrogen functional groups attached to an aromatic ring is 1. The standard InChI is InChI=1S/C14H20N2O4S/c1-5-7-16(8-6-2)21(17,18)14-9-11(15)12(19-3)10-13(14)20-4/h5-6,9-10H,1-2,7-8,15H2,3-4H3. The third-order valence-corrected chi connectivity index (χ3v) is 4.65. The molecular formula is C14H20N2O4S. The number of sulfonamides is 1. The van der Waals surface area contributed by atoms with Gasteiger partial charge in [0.1, 0.15) is 16.4 Å². The van der Waals surface area contributed by atoms with Gasteiger partial charge in [0, 0.05) is 19.2 Å². The first-order valence-corrected chi connectivity index (χ1v) is 7.59. The summed E-state index contributed by atoms with van der Waals surface area (Å²) in [5.74, 6) is 0.518. The van der Waals surface area contributed by atoms with Crippen molar-refractivity contribution in [1.29, 1.82) is 0 Å². The average Bonchev–Trinajstić information content (AvgIpc) is 2.46. The average molecular weight is 312 g/mol. The molecule has 0 aliphatic carbocycles. The van der Waals surface area contributed by atoms with Gasteiger partial charge >= 0.3 is 0 Å². The van der Waals surface area contributed by atoms with Gasteiger partial charge in [0.25, 0.3) is 0 Å². The van der Waals surface area contributed by atoms with Gasteiger partial charge in [0.05, 0.1) is 19.9 Å². The van der Waals surface area contributed by atoms with Crippen LogP contribution in [0.1, 0.15) is 0 Å². The Morgan fingerprint density at radius 2 is 1.67 bits per heavy atom. The molecule has 1 aromatic rings. The fourth-order valence-corrected chi connectivity index (χ4v) is 3.35. The van der Waals surface area contributed by atoms with Crippen LogP contribution in [-0.4, -0.2) is 40.0 Å². The van der Waals surface area contributed by atoms with Gasteiger partial charge in [-0.3, -0.25) is 0 Å². The van der Waals surface area contributed by atoms with Gasteiger partial charge in [0.15, 0.2) is 0 Å². The van der Waals surface area contributed by atoms with Gasteiger partial charge in [-0.1, -0.05) is 12.2 Å². The maximum absolute atomic E-state index is 12.7. The number of methoxy groups -OCH3 is 2. The van der Waals surface area contributed by atoms with E-state index in [1.165, 1.54) is 42.8 Å². The second-order valence-electron chi connectivity index (χ2n) is 4.14. The maximum Gasteiger partial charge on any atom is 0.247 e. The van der Waals surface area contributed by atoms with Crippen molar-refractivity contribution in [3.63, 3.8) is 0 Å². The Morgan fingerprint density at radius 3 is 2.10 bits per heavy atom. The molecule has 1 rings (SSSR count). The van der Waals surface area contributed by atoms with E-state index in [1.54, 1.807) is 0 Å². The summed E-state index contributed by atoms with van der Waals surface area (Å²) >= 11 is 0. The van der Waals surface area contributed by atoms with Gasteiger partial charge in [0.2, 0.25) is 10.0 Å². The zero-order valence-electron chi connectivity index (χ0n) is 12.2. The number of hydrogen-bond donors (Lipinski definition) is 1. The maximum atomic E-state index is 12.7. The molecule has 21 heavy (non-hydrogen) atoms. The smallest absolute Gasteiger partial charge is 0.247 e. The fourth-order valence-electron chi connectivity index (χ4n) is 1.79. The van der Waals surface area contributed by atoms with Crippen LogP contribution in [0.4, 0.5) is 5.69 Å². The van der Waals surface area contributed by atoms with Crippen LogP contribution in [0.15, 0.2) is 42.3 Å². The van der Waals surface area contributed by atoms with E-state index in [4.69, 9.17) is 15.2 Å². The molecule has 0 saturated carbocycles. The van der Waals surface area contributed by atoms with Crippen molar-refractivity contribution in [2.24, 2.45) is 0 Å². The molecule has 0 aliphatic heterocycles. The highest BCUT2D eigenvalue weighted by atomic mass is 32.2. The van der Waals surface area contributed by atoms with Crippen LogP contribution < -0.4 is 15.2 Å². The summed E-state index contributed by atoms with van der Waals surface area (Å²) in [7, 11) is -0.956. The fraction of sp³-hybridized carbons (Fsp3) is 0.286. The Kier molecular flexibility index (Phi) is 5.80. The van der Waals surface area contributed by atoms with E-state index in [-0.39, 0.29) is 29.4 Å². The van der Waals surface area contributed by atoms with Crippen molar-refractivity contribution in [3.05, 3.63) is 37.4 Å². The normalized spacial score (nSPS) is 11.2. The summed E-state index contributed by atoms with van der Waals surface area (Å²) in [6, 6.07) is 2.77. The van der Waals surface area contributed by atoms with E-state index in [9.17, 15) is 8.42 Å². The van der Waals surface area contributed by atoms with E-state index in [2.05, 4.69) is 13.2 Å². The lowest BCUT2D eigenvalue weighted by molar-refractivity contribution is 0.384. The number of ether oxygens (including phenoxy) is 2. The van der Waals surface area contributed by atoms with E-state index in [0.717, 1.165) is 0 Å². The molecule has 0 amide bonds. The molecule has 0 aliphatic rings. The molecule has 1 aromatic carbocycles. The summed E-state index contributed by atoms with van der Waals surface area (Å²) in [5.41, 5.74) is 6.01. The lowest BCUT2D eigenvalue weighted by Gasteiger charge is -2.21. The van der Waals surface area contributed by atoms with Crippen molar-refractivity contribution in [3.8, 4) is 11.5 Å². The number of anilines is 1. The summed E-state index contributed by atoms with van der Waals surface area (Å²) in [6.45, 7) is 7.43. The molecule has 2 N–H and O–H groups in total. The topological polar surface area (TPSA) is 81.9 Å². The molecule has 0 saturated heterocycles. The Hall–Kier alpha value is -1.99. The summed E-state index contributed by atoms with van der Waals surface area (Å²) in [6.07, 6.45) is 3.00. The third kappa shape index (κ3) is 3.56. The van der Waals surface area contributed by atoms with Crippen LogP contribution in [0, 0.1) is 0 Å². The first kappa shape index (κ1) is 17.1. The number of nitrogens with zero attached hydrogens (tertiary/aromatic N) is 1. The van der Waals surface area contributed by atoms with E-state index in [1.807, 2.05) is 0 Å². The van der Waals surface area contributed by atoms with Gasteiger partial charge in [-0.25, -0.2) is 8.42 Å². The lowest BCUT2D eigenvalue weighted by Crippen LogP contribution is -2.31.